The molecule has 0 atom stereocenters. The second kappa shape index (κ2) is 12.1. The largest absolute Gasteiger partial charge is 0.295 e. The van der Waals surface area contributed by atoms with Crippen molar-refractivity contribution in [1.29, 1.82) is 0 Å². The highest BCUT2D eigenvalue weighted by atomic mass is 16.1. The molecule has 0 saturated heterocycles. The first-order valence-electron chi connectivity index (χ1n) is 8.59. The van der Waals surface area contributed by atoms with Crippen LogP contribution in [-0.4, -0.2) is 17.3 Å². The zero-order chi connectivity index (χ0) is 20.1. The van der Waals surface area contributed by atoms with E-state index in [1.807, 2.05) is 91.0 Å². The first-order chi connectivity index (χ1) is 12.9. The number of benzene rings is 3. The van der Waals surface area contributed by atoms with Crippen molar-refractivity contribution in [2.45, 2.75) is 20.8 Å². The highest BCUT2D eigenvalue weighted by Crippen LogP contribution is 1.99. The molecule has 27 heavy (non-hydrogen) atoms. The summed E-state index contributed by atoms with van der Waals surface area (Å²) in [7, 11) is 0. The number of ketones is 3. The molecule has 0 aliphatic heterocycles. The van der Waals surface area contributed by atoms with Gasteiger partial charge in [0.05, 0.1) is 0 Å². The van der Waals surface area contributed by atoms with Crippen molar-refractivity contribution < 1.29 is 14.4 Å². The summed E-state index contributed by atoms with van der Waals surface area (Å²) < 4.78 is 0. The monoisotopic (exact) mass is 360 g/mol. The summed E-state index contributed by atoms with van der Waals surface area (Å²) in [4.78, 5) is 31.9. The first-order valence-corrected chi connectivity index (χ1v) is 8.59. The van der Waals surface area contributed by atoms with Crippen molar-refractivity contribution in [3.05, 3.63) is 108 Å². The van der Waals surface area contributed by atoms with Crippen LogP contribution in [0.15, 0.2) is 91.0 Å². The summed E-state index contributed by atoms with van der Waals surface area (Å²) in [5.41, 5.74) is 2.33. The highest BCUT2D eigenvalue weighted by molar-refractivity contribution is 5.94. The Morgan fingerprint density at radius 1 is 0.407 bits per heavy atom. The van der Waals surface area contributed by atoms with Crippen LogP contribution in [0.3, 0.4) is 0 Å². The van der Waals surface area contributed by atoms with E-state index in [1.54, 1.807) is 20.8 Å². The Labute approximate surface area is 160 Å². The van der Waals surface area contributed by atoms with Gasteiger partial charge in [0.2, 0.25) is 0 Å². The first kappa shape index (κ1) is 21.7. The fraction of sp³-hybridized carbons (Fsp3) is 0.125. The van der Waals surface area contributed by atoms with E-state index in [2.05, 4.69) is 0 Å². The second-order valence-corrected chi connectivity index (χ2v) is 5.77. The zero-order valence-corrected chi connectivity index (χ0v) is 15.9. The topological polar surface area (TPSA) is 51.2 Å². The predicted molar refractivity (Wildman–Crippen MR) is 109 cm³/mol. The average molecular weight is 360 g/mol. The number of rotatable bonds is 3. The number of Topliss-reactive ketones (excluding diaryl/α,β-unsaturated/α-hetero) is 3. The summed E-state index contributed by atoms with van der Waals surface area (Å²) in [5, 5.41) is 0. The fourth-order valence-electron chi connectivity index (χ4n) is 2.02. The van der Waals surface area contributed by atoms with Gasteiger partial charge in [0.1, 0.15) is 0 Å². The van der Waals surface area contributed by atoms with Gasteiger partial charge >= 0.3 is 0 Å². The minimum absolute atomic E-state index is 0.121. The maximum Gasteiger partial charge on any atom is 0.159 e. The van der Waals surface area contributed by atoms with Gasteiger partial charge < -0.3 is 0 Å². The molecule has 0 radical (unpaired) electrons. The predicted octanol–water partition coefficient (Wildman–Crippen LogP) is 5.67. The van der Waals surface area contributed by atoms with Crippen LogP contribution in [0.2, 0.25) is 0 Å². The van der Waals surface area contributed by atoms with Crippen molar-refractivity contribution in [2.75, 3.05) is 0 Å². The Morgan fingerprint density at radius 2 is 0.593 bits per heavy atom. The van der Waals surface area contributed by atoms with Crippen LogP contribution in [0.25, 0.3) is 0 Å². The van der Waals surface area contributed by atoms with Crippen LogP contribution in [0.1, 0.15) is 51.8 Å². The molecule has 0 spiro atoms. The minimum atomic E-state index is 0.121. The molecule has 3 rings (SSSR count). The molecule has 0 unspecified atom stereocenters. The standard InChI is InChI=1S/3C8H8O/c3*1-7(9)8-5-3-2-4-6-8/h3*2-6H,1H3. The van der Waals surface area contributed by atoms with Gasteiger partial charge in [-0.05, 0) is 20.8 Å². The molecular weight excluding hydrogens is 336 g/mol. The molecular formula is C24H24O3. The molecule has 0 aliphatic carbocycles. The maximum atomic E-state index is 10.6. The second-order valence-electron chi connectivity index (χ2n) is 5.77. The smallest absolute Gasteiger partial charge is 0.159 e. The quantitative estimate of drug-likeness (QED) is 0.566. The Morgan fingerprint density at radius 3 is 0.704 bits per heavy atom. The summed E-state index contributed by atoms with van der Waals surface area (Å²) in [5.74, 6) is 0.363. The van der Waals surface area contributed by atoms with E-state index in [0.717, 1.165) is 16.7 Å². The molecule has 0 fully saturated rings. The maximum absolute atomic E-state index is 10.6. The van der Waals surface area contributed by atoms with E-state index in [-0.39, 0.29) is 17.3 Å². The van der Waals surface area contributed by atoms with Gasteiger partial charge in [-0.3, -0.25) is 14.4 Å². The summed E-state index contributed by atoms with van der Waals surface area (Å²) in [6.07, 6.45) is 0. The van der Waals surface area contributed by atoms with Gasteiger partial charge in [0.15, 0.2) is 17.3 Å². The zero-order valence-electron chi connectivity index (χ0n) is 15.9. The van der Waals surface area contributed by atoms with Crippen molar-refractivity contribution >= 4 is 17.3 Å². The molecule has 3 heteroatoms. The summed E-state index contributed by atoms with van der Waals surface area (Å²) in [6, 6.07) is 27.7. The molecule has 138 valence electrons. The lowest BCUT2D eigenvalue weighted by Crippen LogP contribution is -1.88. The third kappa shape index (κ3) is 9.07. The normalized spacial score (nSPS) is 9.00. The Kier molecular flexibility index (Phi) is 9.72. The highest BCUT2D eigenvalue weighted by Gasteiger charge is 1.94. The molecule has 3 aromatic carbocycles. The Bertz CT molecular complexity index is 721. The molecule has 0 N–H and O–H groups in total. The SMILES string of the molecule is CC(=O)c1ccccc1.CC(=O)c1ccccc1.CC(=O)c1ccccc1. The number of hydrogen-bond donors (Lipinski definition) is 0. The van der Waals surface area contributed by atoms with Crippen molar-refractivity contribution in [3.63, 3.8) is 0 Å². The molecule has 0 saturated carbocycles. The molecule has 3 nitrogen and oxygen atoms in total. The number of hydrogen-bond acceptors (Lipinski definition) is 3. The van der Waals surface area contributed by atoms with Crippen molar-refractivity contribution in [3.8, 4) is 0 Å². The van der Waals surface area contributed by atoms with Crippen LogP contribution in [0.5, 0.6) is 0 Å². The molecule has 0 heterocycles. The third-order valence-electron chi connectivity index (χ3n) is 3.54. The Balaban J connectivity index is 0.000000202. The lowest BCUT2D eigenvalue weighted by molar-refractivity contribution is 0.100. The lowest BCUT2D eigenvalue weighted by Gasteiger charge is -1.89. The van der Waals surface area contributed by atoms with Gasteiger partial charge in [0, 0.05) is 16.7 Å². The minimum Gasteiger partial charge on any atom is -0.295 e. The summed E-state index contributed by atoms with van der Waals surface area (Å²) >= 11 is 0. The average Bonchev–Trinajstić information content (AvgIpc) is 2.71. The van der Waals surface area contributed by atoms with Crippen LogP contribution in [0.4, 0.5) is 0 Å². The van der Waals surface area contributed by atoms with Crippen molar-refractivity contribution in [1.82, 2.24) is 0 Å². The fourth-order valence-corrected chi connectivity index (χ4v) is 2.02. The van der Waals surface area contributed by atoms with Crippen LogP contribution < -0.4 is 0 Å². The van der Waals surface area contributed by atoms with E-state index < -0.39 is 0 Å². The molecule has 0 aliphatic rings. The van der Waals surface area contributed by atoms with Crippen LogP contribution in [0, 0.1) is 0 Å². The molecule has 0 amide bonds. The van der Waals surface area contributed by atoms with Gasteiger partial charge in [-0.2, -0.15) is 0 Å². The molecule has 0 aromatic heterocycles. The van der Waals surface area contributed by atoms with E-state index in [4.69, 9.17) is 0 Å². The van der Waals surface area contributed by atoms with E-state index in [0.29, 0.717) is 0 Å². The van der Waals surface area contributed by atoms with Gasteiger partial charge in [0.25, 0.3) is 0 Å². The molecule has 3 aromatic rings. The summed E-state index contributed by atoms with van der Waals surface area (Å²) in [6.45, 7) is 4.69. The van der Waals surface area contributed by atoms with Gasteiger partial charge in [-0.1, -0.05) is 91.0 Å². The van der Waals surface area contributed by atoms with Gasteiger partial charge in [-0.15, -0.1) is 0 Å². The van der Waals surface area contributed by atoms with Gasteiger partial charge in [-0.25, -0.2) is 0 Å². The van der Waals surface area contributed by atoms with E-state index in [1.165, 1.54) is 0 Å². The molecule has 0 bridgehead atoms. The lowest BCUT2D eigenvalue weighted by atomic mass is 10.2. The van der Waals surface area contributed by atoms with E-state index >= 15 is 0 Å². The third-order valence-corrected chi connectivity index (χ3v) is 3.54. The number of carbonyl (C=O) groups excluding carboxylic acids is 3. The van der Waals surface area contributed by atoms with E-state index in [9.17, 15) is 14.4 Å². The Hall–Kier alpha value is -3.33. The van der Waals surface area contributed by atoms with Crippen LogP contribution in [-0.2, 0) is 0 Å². The number of carbonyl (C=O) groups is 3. The van der Waals surface area contributed by atoms with Crippen LogP contribution >= 0.6 is 0 Å². The van der Waals surface area contributed by atoms with Crippen molar-refractivity contribution in [2.24, 2.45) is 0 Å².